The lowest BCUT2D eigenvalue weighted by molar-refractivity contribution is -0.141. The van der Waals surface area contributed by atoms with E-state index in [-0.39, 0.29) is 33.5 Å². The average Bonchev–Trinajstić information content (AvgIpc) is 3.04. The third-order valence-corrected chi connectivity index (χ3v) is 6.78. The summed E-state index contributed by atoms with van der Waals surface area (Å²) in [7, 11) is 0. The van der Waals surface area contributed by atoms with Gasteiger partial charge in [-0.15, -0.1) is 0 Å². The molecule has 10 heteroatoms. The molecule has 0 bridgehead atoms. The highest BCUT2D eigenvalue weighted by Crippen LogP contribution is 2.27. The van der Waals surface area contributed by atoms with Crippen molar-refractivity contribution < 1.29 is 18.0 Å². The van der Waals surface area contributed by atoms with E-state index >= 15 is 0 Å². The highest BCUT2D eigenvalue weighted by Gasteiger charge is 2.30. The van der Waals surface area contributed by atoms with Crippen LogP contribution in [0.3, 0.4) is 0 Å². The Labute approximate surface area is 208 Å². The van der Waals surface area contributed by atoms with Gasteiger partial charge >= 0.3 is 6.18 Å². The van der Waals surface area contributed by atoms with Crippen LogP contribution in [0.1, 0.15) is 27.3 Å². The van der Waals surface area contributed by atoms with Gasteiger partial charge in [0.1, 0.15) is 6.54 Å². The Morgan fingerprint density at radius 2 is 1.83 bits per heavy atom. The van der Waals surface area contributed by atoms with Crippen LogP contribution in [0.5, 0.6) is 0 Å². The molecule has 0 spiro atoms. The molecule has 2 aromatic heterocycles. The van der Waals surface area contributed by atoms with Crippen LogP contribution in [-0.2, 0) is 6.54 Å². The Morgan fingerprint density at radius 1 is 1.09 bits per heavy atom. The first-order valence-corrected chi connectivity index (χ1v) is 12.0. The first-order valence-electron chi connectivity index (χ1n) is 10.6. The zero-order chi connectivity index (χ0) is 25.5. The molecule has 0 aliphatic carbocycles. The fourth-order valence-corrected chi connectivity index (χ4v) is 5.01. The Balaban J connectivity index is 1.73. The van der Waals surface area contributed by atoms with Gasteiger partial charge in [0.2, 0.25) is 0 Å². The van der Waals surface area contributed by atoms with Crippen molar-refractivity contribution in [3.05, 3.63) is 86.4 Å². The summed E-state index contributed by atoms with van der Waals surface area (Å²) in [5.41, 5.74) is 2.43. The normalized spacial score (nSPS) is 11.9. The Kier molecular flexibility index (Phi) is 6.83. The van der Waals surface area contributed by atoms with Crippen LogP contribution in [0.15, 0.2) is 58.5 Å². The van der Waals surface area contributed by atoms with Gasteiger partial charge < -0.3 is 4.57 Å². The summed E-state index contributed by atoms with van der Waals surface area (Å²) in [6.07, 6.45) is -4.40. The molecule has 0 N–H and O–H groups in total. The van der Waals surface area contributed by atoms with Gasteiger partial charge in [-0.1, -0.05) is 35.5 Å². The van der Waals surface area contributed by atoms with Crippen molar-refractivity contribution in [3.8, 4) is 5.69 Å². The van der Waals surface area contributed by atoms with Gasteiger partial charge in [-0.2, -0.15) is 13.2 Å². The van der Waals surface area contributed by atoms with E-state index in [2.05, 4.69) is 4.98 Å². The van der Waals surface area contributed by atoms with Crippen LogP contribution in [-0.4, -0.2) is 31.8 Å². The molecule has 0 fully saturated rings. The van der Waals surface area contributed by atoms with Gasteiger partial charge in [0.25, 0.3) is 5.56 Å². The number of alkyl halides is 3. The molecular formula is C25H21ClF3N3O2S. The van der Waals surface area contributed by atoms with E-state index in [1.807, 2.05) is 25.1 Å². The number of carbonyl (C=O) groups excluding carboxylic acids is 1. The monoisotopic (exact) mass is 519 g/mol. The summed E-state index contributed by atoms with van der Waals surface area (Å²) < 4.78 is 41.4. The standard InChI is InChI=1S/C25H21ClF3N3O2S/c1-14-5-4-6-18(9-14)32-23(34)19-8-7-17(26)11-21(19)30-24(32)35-12-22(33)20-10-15(2)31(16(20)3)13-25(27,28)29/h4-11H,12-13H2,1-3H3. The van der Waals surface area contributed by atoms with E-state index in [0.717, 1.165) is 21.9 Å². The molecule has 0 amide bonds. The van der Waals surface area contributed by atoms with E-state index in [0.29, 0.717) is 27.3 Å². The first kappa shape index (κ1) is 25.1. The topological polar surface area (TPSA) is 56.9 Å². The minimum atomic E-state index is -4.40. The van der Waals surface area contributed by atoms with E-state index < -0.39 is 12.7 Å². The van der Waals surface area contributed by atoms with Gasteiger partial charge in [0, 0.05) is 22.0 Å². The van der Waals surface area contributed by atoms with Crippen LogP contribution in [0.25, 0.3) is 16.6 Å². The number of hydrogen-bond acceptors (Lipinski definition) is 4. The van der Waals surface area contributed by atoms with Crippen molar-refractivity contribution in [1.29, 1.82) is 0 Å². The third kappa shape index (κ3) is 5.31. The zero-order valence-electron chi connectivity index (χ0n) is 19.1. The largest absolute Gasteiger partial charge is 0.406 e. The number of fused-ring (bicyclic) bond motifs is 1. The molecule has 0 aliphatic rings. The molecular weight excluding hydrogens is 499 g/mol. The second kappa shape index (κ2) is 9.54. The van der Waals surface area contributed by atoms with Crippen molar-refractivity contribution in [3.63, 3.8) is 0 Å². The molecule has 0 unspecified atom stereocenters. The lowest BCUT2D eigenvalue weighted by Crippen LogP contribution is -2.22. The van der Waals surface area contributed by atoms with Crippen LogP contribution in [0, 0.1) is 20.8 Å². The number of halogens is 4. The summed E-state index contributed by atoms with van der Waals surface area (Å²) in [5.74, 6) is -0.464. The molecule has 0 saturated heterocycles. The molecule has 2 heterocycles. The number of ketones is 1. The first-order chi connectivity index (χ1) is 16.4. The number of aromatic nitrogens is 3. The fraction of sp³-hybridized carbons (Fsp3) is 0.240. The van der Waals surface area contributed by atoms with Gasteiger partial charge in [-0.25, -0.2) is 4.98 Å². The summed E-state index contributed by atoms with van der Waals surface area (Å²) in [4.78, 5) is 31.0. The smallest absolute Gasteiger partial charge is 0.339 e. The highest BCUT2D eigenvalue weighted by atomic mass is 35.5. The highest BCUT2D eigenvalue weighted by molar-refractivity contribution is 7.99. The minimum Gasteiger partial charge on any atom is -0.339 e. The molecule has 182 valence electrons. The zero-order valence-corrected chi connectivity index (χ0v) is 20.7. The van der Waals surface area contributed by atoms with Crippen molar-refractivity contribution in [2.24, 2.45) is 0 Å². The second-order valence-corrected chi connectivity index (χ2v) is 9.61. The summed E-state index contributed by atoms with van der Waals surface area (Å²) >= 11 is 7.15. The number of aryl methyl sites for hydroxylation is 2. The maximum absolute atomic E-state index is 13.4. The van der Waals surface area contributed by atoms with E-state index in [1.54, 1.807) is 24.3 Å². The number of rotatable bonds is 6. The SMILES string of the molecule is Cc1cccc(-n2c(SCC(=O)c3cc(C)n(CC(F)(F)F)c3C)nc3cc(Cl)ccc3c2=O)c1. The second-order valence-electron chi connectivity index (χ2n) is 8.23. The lowest BCUT2D eigenvalue weighted by atomic mass is 10.2. The van der Waals surface area contributed by atoms with Gasteiger partial charge in [-0.05, 0) is 62.7 Å². The molecule has 0 radical (unpaired) electrons. The van der Waals surface area contributed by atoms with E-state index in [9.17, 15) is 22.8 Å². The third-order valence-electron chi connectivity index (χ3n) is 5.60. The summed E-state index contributed by atoms with van der Waals surface area (Å²) in [6.45, 7) is 3.77. The summed E-state index contributed by atoms with van der Waals surface area (Å²) in [5, 5.41) is 1.08. The van der Waals surface area contributed by atoms with Crippen molar-refractivity contribution in [2.75, 3.05) is 5.75 Å². The molecule has 0 aliphatic heterocycles. The predicted octanol–water partition coefficient (Wildman–Crippen LogP) is 6.30. The Morgan fingerprint density at radius 3 is 2.51 bits per heavy atom. The van der Waals surface area contributed by atoms with Gasteiger partial charge in [0.05, 0.1) is 22.3 Å². The lowest BCUT2D eigenvalue weighted by Gasteiger charge is -2.14. The van der Waals surface area contributed by atoms with Crippen LogP contribution >= 0.6 is 23.4 Å². The summed E-state index contributed by atoms with van der Waals surface area (Å²) in [6, 6.07) is 13.6. The number of hydrogen-bond donors (Lipinski definition) is 0. The Bertz CT molecular complexity index is 1510. The Hall–Kier alpha value is -3.04. The number of thioether (sulfide) groups is 1. The minimum absolute atomic E-state index is 0.110. The number of benzene rings is 2. The van der Waals surface area contributed by atoms with Gasteiger partial charge in [0.15, 0.2) is 10.9 Å². The number of Topliss-reactive ketones (excluding diaryl/α,β-unsaturated/α-hetero) is 1. The van der Waals surface area contributed by atoms with Crippen molar-refractivity contribution in [1.82, 2.24) is 14.1 Å². The van der Waals surface area contributed by atoms with Crippen LogP contribution in [0.4, 0.5) is 13.2 Å². The molecule has 5 nitrogen and oxygen atoms in total. The van der Waals surface area contributed by atoms with E-state index in [1.165, 1.54) is 24.5 Å². The quantitative estimate of drug-likeness (QED) is 0.170. The maximum atomic E-state index is 13.4. The van der Waals surface area contributed by atoms with Crippen LogP contribution in [0.2, 0.25) is 5.02 Å². The number of carbonyl (C=O) groups is 1. The molecule has 35 heavy (non-hydrogen) atoms. The molecule has 2 aromatic carbocycles. The molecule has 4 aromatic rings. The van der Waals surface area contributed by atoms with Crippen molar-refractivity contribution in [2.45, 2.75) is 38.6 Å². The maximum Gasteiger partial charge on any atom is 0.406 e. The van der Waals surface area contributed by atoms with Crippen molar-refractivity contribution >= 4 is 40.0 Å². The van der Waals surface area contributed by atoms with E-state index in [4.69, 9.17) is 11.6 Å². The fourth-order valence-electron chi connectivity index (χ4n) is 3.94. The molecule has 0 atom stereocenters. The number of nitrogens with zero attached hydrogens (tertiary/aromatic N) is 3. The van der Waals surface area contributed by atoms with Crippen LogP contribution < -0.4 is 5.56 Å². The average molecular weight is 520 g/mol. The molecule has 0 saturated carbocycles. The van der Waals surface area contributed by atoms with Gasteiger partial charge in [-0.3, -0.25) is 14.2 Å². The molecule has 4 rings (SSSR count). The predicted molar refractivity (Wildman–Crippen MR) is 132 cm³/mol.